The van der Waals surface area contributed by atoms with Crippen LogP contribution in [-0.4, -0.2) is 52.6 Å². The number of ether oxygens (including phenoxy) is 2. The van der Waals surface area contributed by atoms with Crippen LogP contribution in [0.4, 0.5) is 0 Å². The van der Waals surface area contributed by atoms with Gasteiger partial charge in [0.05, 0.1) is 12.7 Å². The molecule has 3 N–H and O–H groups in total. The van der Waals surface area contributed by atoms with Crippen LogP contribution in [0.1, 0.15) is 13.8 Å². The Hall–Kier alpha value is -0.690. The van der Waals surface area contributed by atoms with Crippen LogP contribution in [0.15, 0.2) is 4.99 Å². The van der Waals surface area contributed by atoms with Crippen molar-refractivity contribution in [3.63, 3.8) is 0 Å². The minimum atomic E-state index is -1.09. The number of rotatable bonds is 4. The van der Waals surface area contributed by atoms with Gasteiger partial charge in [-0.3, -0.25) is 0 Å². The lowest BCUT2D eigenvalue weighted by molar-refractivity contribution is -0.191. The van der Waals surface area contributed by atoms with Crippen LogP contribution >= 0.6 is 0 Å². The molecule has 0 fully saturated rings. The largest absolute Gasteiger partial charge is 0.447 e. The van der Waals surface area contributed by atoms with Gasteiger partial charge in [0.15, 0.2) is 5.90 Å². The van der Waals surface area contributed by atoms with Gasteiger partial charge in [0.25, 0.3) is 0 Å². The second-order valence-corrected chi connectivity index (χ2v) is 3.15. The Morgan fingerprint density at radius 2 is 2.29 bits per heavy atom. The number of nitrogens with zero attached hydrogens (tertiary/aromatic N) is 1. The maximum Gasteiger partial charge on any atom is 0.248 e. The molecular formula is C8H15NO5. The van der Waals surface area contributed by atoms with E-state index in [0.717, 1.165) is 0 Å². The quantitative estimate of drug-likeness (QED) is 0.538. The van der Waals surface area contributed by atoms with Gasteiger partial charge in [-0.2, -0.15) is 0 Å². The van der Waals surface area contributed by atoms with Gasteiger partial charge in [0.2, 0.25) is 12.5 Å². The summed E-state index contributed by atoms with van der Waals surface area (Å²) in [5.41, 5.74) is 0. The molecule has 4 atom stereocenters. The summed E-state index contributed by atoms with van der Waals surface area (Å²) in [6, 6.07) is 0. The highest BCUT2D eigenvalue weighted by Crippen LogP contribution is 2.15. The van der Waals surface area contributed by atoms with E-state index in [9.17, 15) is 5.11 Å². The first-order chi connectivity index (χ1) is 6.54. The number of aliphatic imine (C=N–C) groups is 1. The van der Waals surface area contributed by atoms with E-state index in [2.05, 4.69) is 4.99 Å². The van der Waals surface area contributed by atoms with Crippen LogP contribution < -0.4 is 0 Å². The highest BCUT2D eigenvalue weighted by molar-refractivity contribution is 5.74. The van der Waals surface area contributed by atoms with Crippen LogP contribution in [0.2, 0.25) is 0 Å². The smallest absolute Gasteiger partial charge is 0.248 e. The van der Waals surface area contributed by atoms with Gasteiger partial charge < -0.3 is 24.8 Å². The molecule has 6 heteroatoms. The highest BCUT2D eigenvalue weighted by atomic mass is 16.7. The Balaban J connectivity index is 2.45. The lowest BCUT2D eigenvalue weighted by atomic mass is 10.2. The average Bonchev–Trinajstić information content (AvgIpc) is 2.40. The standard InChI is InChI=1S/C8H15NO5/c1-4(11)6(3-10)14-8-7(12)9-5(2)13-8/h4,6-8,10-12H,3H2,1-2H3. The highest BCUT2D eigenvalue weighted by Gasteiger charge is 2.31. The van der Waals surface area contributed by atoms with E-state index in [1.807, 2.05) is 0 Å². The van der Waals surface area contributed by atoms with Crippen LogP contribution in [0.5, 0.6) is 0 Å². The fourth-order valence-corrected chi connectivity index (χ4v) is 1.09. The lowest BCUT2D eigenvalue weighted by Gasteiger charge is -2.23. The summed E-state index contributed by atoms with van der Waals surface area (Å²) in [7, 11) is 0. The van der Waals surface area contributed by atoms with Crippen molar-refractivity contribution in [2.24, 2.45) is 4.99 Å². The monoisotopic (exact) mass is 205 g/mol. The molecule has 0 radical (unpaired) electrons. The second kappa shape index (κ2) is 4.70. The predicted octanol–water partition coefficient (Wildman–Crippen LogP) is -1.16. The van der Waals surface area contributed by atoms with Crippen molar-refractivity contribution in [3.8, 4) is 0 Å². The van der Waals surface area contributed by atoms with Crippen molar-refractivity contribution in [1.82, 2.24) is 0 Å². The van der Waals surface area contributed by atoms with Crippen LogP contribution in [0, 0.1) is 0 Å². The number of aliphatic hydroxyl groups is 3. The predicted molar refractivity (Wildman–Crippen MR) is 47.6 cm³/mol. The molecule has 0 saturated heterocycles. The Kier molecular flexibility index (Phi) is 3.82. The van der Waals surface area contributed by atoms with Crippen molar-refractivity contribution >= 4 is 5.90 Å². The zero-order valence-corrected chi connectivity index (χ0v) is 8.12. The molecule has 0 amide bonds. The molecule has 0 aliphatic carbocycles. The maximum absolute atomic E-state index is 9.28. The summed E-state index contributed by atoms with van der Waals surface area (Å²) in [5, 5.41) is 27.3. The first-order valence-electron chi connectivity index (χ1n) is 4.38. The van der Waals surface area contributed by atoms with Crippen LogP contribution in [0.25, 0.3) is 0 Å². The minimum Gasteiger partial charge on any atom is -0.447 e. The molecule has 1 aliphatic rings. The molecule has 0 aromatic carbocycles. The summed E-state index contributed by atoms with van der Waals surface area (Å²) in [6.45, 7) is 2.72. The number of hydrogen-bond donors (Lipinski definition) is 3. The van der Waals surface area contributed by atoms with Crippen molar-refractivity contribution < 1.29 is 24.8 Å². The molecule has 0 aromatic heterocycles. The third kappa shape index (κ3) is 2.65. The molecule has 1 heterocycles. The van der Waals surface area contributed by atoms with Crippen molar-refractivity contribution in [2.75, 3.05) is 6.61 Å². The Bertz CT molecular complexity index is 218. The van der Waals surface area contributed by atoms with Gasteiger partial charge >= 0.3 is 0 Å². The molecule has 0 spiro atoms. The maximum atomic E-state index is 9.28. The van der Waals surface area contributed by atoms with E-state index in [4.69, 9.17) is 19.7 Å². The van der Waals surface area contributed by atoms with Gasteiger partial charge in [-0.1, -0.05) is 0 Å². The normalized spacial score (nSPS) is 30.8. The Morgan fingerprint density at radius 3 is 2.64 bits per heavy atom. The summed E-state index contributed by atoms with van der Waals surface area (Å²) in [5.74, 6) is 0.324. The van der Waals surface area contributed by atoms with Gasteiger partial charge in [-0.05, 0) is 6.92 Å². The number of hydrogen-bond acceptors (Lipinski definition) is 6. The van der Waals surface area contributed by atoms with Gasteiger partial charge in [-0.25, -0.2) is 4.99 Å². The zero-order valence-electron chi connectivity index (χ0n) is 8.12. The zero-order chi connectivity index (χ0) is 10.7. The molecule has 6 nitrogen and oxygen atoms in total. The average molecular weight is 205 g/mol. The van der Waals surface area contributed by atoms with Crippen molar-refractivity contribution in [2.45, 2.75) is 38.6 Å². The molecule has 4 unspecified atom stereocenters. The Morgan fingerprint density at radius 1 is 1.64 bits per heavy atom. The first-order valence-corrected chi connectivity index (χ1v) is 4.38. The van der Waals surface area contributed by atoms with E-state index in [1.54, 1.807) is 6.92 Å². The van der Waals surface area contributed by atoms with E-state index in [0.29, 0.717) is 5.90 Å². The Labute approximate surface area is 81.8 Å². The van der Waals surface area contributed by atoms with Crippen molar-refractivity contribution in [3.05, 3.63) is 0 Å². The minimum absolute atomic E-state index is 0.324. The molecule has 0 aromatic rings. The van der Waals surface area contributed by atoms with Crippen LogP contribution in [-0.2, 0) is 9.47 Å². The molecule has 1 aliphatic heterocycles. The molecule has 1 rings (SSSR count). The fourth-order valence-electron chi connectivity index (χ4n) is 1.09. The third-order valence-electron chi connectivity index (χ3n) is 1.87. The SMILES string of the molecule is CC1=NC(O)C(OC(CO)C(C)O)O1. The van der Waals surface area contributed by atoms with E-state index < -0.39 is 24.7 Å². The van der Waals surface area contributed by atoms with E-state index in [1.165, 1.54) is 6.92 Å². The molecular weight excluding hydrogens is 190 g/mol. The van der Waals surface area contributed by atoms with Gasteiger partial charge in [0.1, 0.15) is 6.10 Å². The summed E-state index contributed by atoms with van der Waals surface area (Å²) in [6.07, 6.45) is -3.66. The molecule has 0 bridgehead atoms. The number of aliphatic hydroxyl groups excluding tert-OH is 3. The van der Waals surface area contributed by atoms with Crippen molar-refractivity contribution in [1.29, 1.82) is 0 Å². The van der Waals surface area contributed by atoms with Gasteiger partial charge in [-0.15, -0.1) is 0 Å². The lowest BCUT2D eigenvalue weighted by Crippen LogP contribution is -2.38. The molecule has 0 saturated carbocycles. The summed E-state index contributed by atoms with van der Waals surface area (Å²) in [4.78, 5) is 3.68. The van der Waals surface area contributed by atoms with E-state index in [-0.39, 0.29) is 6.61 Å². The second-order valence-electron chi connectivity index (χ2n) is 3.15. The molecule has 14 heavy (non-hydrogen) atoms. The van der Waals surface area contributed by atoms with E-state index >= 15 is 0 Å². The first kappa shape index (κ1) is 11.4. The summed E-state index contributed by atoms with van der Waals surface area (Å²) < 4.78 is 10.1. The van der Waals surface area contributed by atoms with Crippen LogP contribution in [0.3, 0.4) is 0 Å². The molecule has 82 valence electrons. The topological polar surface area (TPSA) is 91.5 Å². The third-order valence-corrected chi connectivity index (χ3v) is 1.87. The summed E-state index contributed by atoms with van der Waals surface area (Å²) >= 11 is 0. The van der Waals surface area contributed by atoms with Gasteiger partial charge in [0, 0.05) is 6.92 Å². The fraction of sp³-hybridized carbons (Fsp3) is 0.875.